The highest BCUT2D eigenvalue weighted by atomic mass is 32.2. The maximum absolute atomic E-state index is 13.6. The van der Waals surface area contributed by atoms with Crippen molar-refractivity contribution in [2.75, 3.05) is 26.7 Å². The van der Waals surface area contributed by atoms with Crippen molar-refractivity contribution in [2.45, 2.75) is 57.5 Å². The van der Waals surface area contributed by atoms with Crippen molar-refractivity contribution in [3.63, 3.8) is 0 Å². The molecule has 39 heavy (non-hydrogen) atoms. The number of aromatic amines is 1. The predicted molar refractivity (Wildman–Crippen MR) is 145 cm³/mol. The normalized spacial score (nSPS) is 18.8. The molecule has 1 saturated heterocycles. The number of benzene rings is 1. The lowest BCUT2D eigenvalue weighted by atomic mass is 10.1. The van der Waals surface area contributed by atoms with E-state index in [1.165, 1.54) is 8.99 Å². The molecule has 1 fully saturated rings. The van der Waals surface area contributed by atoms with Crippen LogP contribution in [0.4, 0.5) is 0 Å². The third kappa shape index (κ3) is 6.73. The van der Waals surface area contributed by atoms with Crippen molar-refractivity contribution in [3.05, 3.63) is 34.2 Å². The van der Waals surface area contributed by atoms with Gasteiger partial charge in [-0.15, -0.1) is 11.4 Å². The van der Waals surface area contributed by atoms with Crippen LogP contribution in [0.25, 0.3) is 22.4 Å². The Balaban J connectivity index is 0.000000983. The minimum Gasteiger partial charge on any atom is -0.784 e. The second-order valence-electron chi connectivity index (χ2n) is 9.41. The summed E-state index contributed by atoms with van der Waals surface area (Å²) in [6, 6.07) is 4.93. The fraction of sp³-hybridized carbons (Fsp3) is 0.542. The van der Waals surface area contributed by atoms with Crippen LogP contribution in [-0.4, -0.2) is 89.5 Å². The predicted octanol–water partition coefficient (Wildman–Crippen LogP) is 1.38. The van der Waals surface area contributed by atoms with E-state index < -0.39 is 21.4 Å². The summed E-state index contributed by atoms with van der Waals surface area (Å²) in [5.41, 5.74) is 1.73. The number of likely N-dealkylation sites (N-methyl/N-ethyl adjacent to an activating group) is 1. The summed E-state index contributed by atoms with van der Waals surface area (Å²) in [6.45, 7) is 9.12. The van der Waals surface area contributed by atoms with Gasteiger partial charge in [-0.05, 0) is 52.4 Å². The monoisotopic (exact) mass is 582 g/mol. The molecular formula is C24H34N6O7S2-2. The molecule has 0 bridgehead atoms. The second kappa shape index (κ2) is 12.7. The fourth-order valence-corrected chi connectivity index (χ4v) is 6.25. The first kappa shape index (κ1) is 30.8. The highest BCUT2D eigenvalue weighted by molar-refractivity contribution is 7.89. The van der Waals surface area contributed by atoms with Gasteiger partial charge in [-0.25, -0.2) is 13.4 Å². The fourth-order valence-electron chi connectivity index (χ4n) is 4.62. The lowest BCUT2D eigenvalue weighted by Gasteiger charge is -2.41. The van der Waals surface area contributed by atoms with Gasteiger partial charge in [-0.3, -0.25) is 18.6 Å². The Hall–Kier alpha value is -2.69. The van der Waals surface area contributed by atoms with E-state index in [0.717, 1.165) is 12.1 Å². The van der Waals surface area contributed by atoms with E-state index in [2.05, 4.69) is 15.0 Å². The molecule has 216 valence electrons. The van der Waals surface area contributed by atoms with Crippen LogP contribution in [0.2, 0.25) is 0 Å². The number of H-pyrrole nitrogens is 1. The number of ether oxygens (including phenoxy) is 1. The van der Waals surface area contributed by atoms with Crippen molar-refractivity contribution in [1.82, 2.24) is 29.0 Å². The lowest BCUT2D eigenvalue weighted by molar-refractivity contribution is 0.105. The molecule has 1 N–H and O–H groups in total. The number of hydrogen-bond donors (Lipinski definition) is 1. The molecule has 1 aliphatic heterocycles. The Labute approximate surface area is 230 Å². The van der Waals surface area contributed by atoms with Crippen molar-refractivity contribution < 1.29 is 26.5 Å². The van der Waals surface area contributed by atoms with Gasteiger partial charge in [0.15, 0.2) is 5.52 Å². The molecule has 2 atom stereocenters. The summed E-state index contributed by atoms with van der Waals surface area (Å²) in [5.74, 6) is 0.712. The number of piperazine rings is 1. The van der Waals surface area contributed by atoms with Crippen LogP contribution in [0.1, 0.15) is 39.8 Å². The molecule has 15 heteroatoms. The zero-order chi connectivity index (χ0) is 29.1. The van der Waals surface area contributed by atoms with Gasteiger partial charge in [0.1, 0.15) is 17.1 Å². The number of sulfonamides is 1. The van der Waals surface area contributed by atoms with E-state index in [1.54, 1.807) is 25.2 Å². The van der Waals surface area contributed by atoms with Gasteiger partial charge >= 0.3 is 0 Å². The van der Waals surface area contributed by atoms with Crippen molar-refractivity contribution in [3.8, 4) is 17.1 Å². The second-order valence-corrected chi connectivity index (χ2v) is 11.8. The number of aromatic nitrogens is 4. The minimum absolute atomic E-state index is 0.0960. The molecule has 3 aromatic rings. The summed E-state index contributed by atoms with van der Waals surface area (Å²) in [6.07, 6.45) is 1.54. The molecule has 0 aliphatic carbocycles. The van der Waals surface area contributed by atoms with Crippen LogP contribution in [-0.2, 0) is 34.9 Å². The molecule has 0 amide bonds. The smallest absolute Gasteiger partial charge is 0.277 e. The number of nitrogens with one attached hydrogen (secondary N) is 1. The third-order valence-corrected chi connectivity index (χ3v) is 8.55. The first-order valence-electron chi connectivity index (χ1n) is 12.5. The molecule has 0 spiro atoms. The molecule has 0 radical (unpaired) electrons. The maximum Gasteiger partial charge on any atom is 0.277 e. The first-order chi connectivity index (χ1) is 18.3. The van der Waals surface area contributed by atoms with Crippen LogP contribution < -0.4 is 10.3 Å². The van der Waals surface area contributed by atoms with E-state index in [4.69, 9.17) is 23.0 Å². The van der Waals surface area contributed by atoms with Gasteiger partial charge < -0.3 is 18.8 Å². The summed E-state index contributed by atoms with van der Waals surface area (Å²) >= 11 is -3.11. The van der Waals surface area contributed by atoms with Gasteiger partial charge in [0.05, 0.1) is 22.8 Å². The van der Waals surface area contributed by atoms with Gasteiger partial charge in [0.2, 0.25) is 10.0 Å². The van der Waals surface area contributed by atoms with Crippen LogP contribution in [0.3, 0.4) is 0 Å². The topological polar surface area (TPSA) is 177 Å². The number of aryl methyl sites for hydroxylation is 2. The molecule has 3 heterocycles. The van der Waals surface area contributed by atoms with E-state index in [0.29, 0.717) is 48.5 Å². The average molecular weight is 583 g/mol. The van der Waals surface area contributed by atoms with Gasteiger partial charge in [0, 0.05) is 32.2 Å². The van der Waals surface area contributed by atoms with Gasteiger partial charge in [-0.1, -0.05) is 13.3 Å². The highest BCUT2D eigenvalue weighted by Crippen LogP contribution is 2.33. The molecule has 0 saturated carbocycles. The van der Waals surface area contributed by atoms with E-state index in [1.807, 2.05) is 34.7 Å². The number of rotatable bonds is 7. The SMILES string of the molecule is CCCc1nn(C)c2c(=O)[nH]c(-c3cc(S(=O)(=O)N4C[C@@H](C)N(C)[C@@H](C)C4)ccc3OCC)nc12.O=S([O-])[O-]. The molecule has 1 aliphatic rings. The quantitative estimate of drug-likeness (QED) is 0.400. The van der Waals surface area contributed by atoms with Gasteiger partial charge in [-0.2, -0.15) is 9.40 Å². The molecule has 4 rings (SSSR count). The van der Waals surface area contributed by atoms with Crippen LogP contribution >= 0.6 is 0 Å². The molecule has 2 aromatic heterocycles. The number of nitrogens with zero attached hydrogens (tertiary/aromatic N) is 5. The Kier molecular flexibility index (Phi) is 10.0. The Bertz CT molecular complexity index is 1490. The summed E-state index contributed by atoms with van der Waals surface area (Å²) in [4.78, 5) is 22.8. The molecule has 13 nitrogen and oxygen atoms in total. The van der Waals surface area contributed by atoms with Crippen molar-refractivity contribution in [2.24, 2.45) is 7.05 Å². The minimum atomic E-state index is -3.76. The van der Waals surface area contributed by atoms with Crippen molar-refractivity contribution >= 4 is 32.4 Å². The van der Waals surface area contributed by atoms with Gasteiger partial charge in [0.25, 0.3) is 5.56 Å². The summed E-state index contributed by atoms with van der Waals surface area (Å²) in [7, 11) is -0.0351. The van der Waals surface area contributed by atoms with Crippen LogP contribution in [0.15, 0.2) is 27.9 Å². The van der Waals surface area contributed by atoms with Crippen molar-refractivity contribution in [1.29, 1.82) is 0 Å². The molecular weight excluding hydrogens is 548 g/mol. The van der Waals surface area contributed by atoms with Crippen LogP contribution in [0.5, 0.6) is 5.75 Å². The molecule has 1 aromatic carbocycles. The highest BCUT2D eigenvalue weighted by Gasteiger charge is 2.35. The number of fused-ring (bicyclic) bond motifs is 1. The largest absolute Gasteiger partial charge is 0.784 e. The Morgan fingerprint density at radius 1 is 1.15 bits per heavy atom. The lowest BCUT2D eigenvalue weighted by Crippen LogP contribution is -2.56. The summed E-state index contributed by atoms with van der Waals surface area (Å²) in [5, 5.41) is 4.47. The molecule has 0 unspecified atom stereocenters. The maximum atomic E-state index is 13.6. The Morgan fingerprint density at radius 2 is 1.77 bits per heavy atom. The average Bonchev–Trinajstić information content (AvgIpc) is 3.17. The van der Waals surface area contributed by atoms with E-state index in [9.17, 15) is 13.2 Å². The first-order valence-corrected chi connectivity index (χ1v) is 15.0. The van der Waals surface area contributed by atoms with E-state index >= 15 is 0 Å². The zero-order valence-corrected chi connectivity index (χ0v) is 24.5. The van der Waals surface area contributed by atoms with E-state index in [-0.39, 0.29) is 28.4 Å². The van der Waals surface area contributed by atoms with Crippen LogP contribution in [0, 0.1) is 0 Å². The zero-order valence-electron chi connectivity index (χ0n) is 22.8. The standard InChI is InChI=1S/C24H34N6O4S.H2O3S/c1-7-9-19-21-22(29(6)27-19)24(31)26-23(25-21)18-12-17(10-11-20(18)34-8-2)35(32,33)30-13-15(3)28(5)16(4)14-30;1-4(2)3/h10-12,15-16H,7-9,13-14H2,1-6H3,(H,25,26,31);(H2,1,2,3)/p-2/t15-,16+;. The third-order valence-electron chi connectivity index (χ3n) is 6.72. The Morgan fingerprint density at radius 3 is 2.33 bits per heavy atom. The summed E-state index contributed by atoms with van der Waals surface area (Å²) < 4.78 is 61.4. The number of hydrogen-bond acceptors (Lipinski definition) is 10.